The Bertz CT molecular complexity index is 723. The van der Waals surface area contributed by atoms with E-state index < -0.39 is 4.92 Å². The van der Waals surface area contributed by atoms with Crippen molar-refractivity contribution in [2.45, 2.75) is 20.0 Å². The Labute approximate surface area is 134 Å². The van der Waals surface area contributed by atoms with Crippen molar-refractivity contribution in [1.82, 2.24) is 24.5 Å². The van der Waals surface area contributed by atoms with Crippen molar-refractivity contribution in [1.29, 1.82) is 0 Å². The van der Waals surface area contributed by atoms with Crippen molar-refractivity contribution >= 4 is 27.7 Å². The number of hydrogen-bond acceptors (Lipinski definition) is 5. The Morgan fingerprint density at radius 2 is 2.14 bits per heavy atom. The van der Waals surface area contributed by atoms with Gasteiger partial charge in [0, 0.05) is 32.4 Å². The Morgan fingerprint density at radius 1 is 1.45 bits per heavy atom. The second-order valence-corrected chi connectivity index (χ2v) is 5.77. The van der Waals surface area contributed by atoms with E-state index in [-0.39, 0.29) is 22.7 Å². The standard InChI is InChI=1S/C12H15BrN6O3/c1-8-9(5-17(3)14-8)4-16(2)11(20)7-18-6-10(13)12(15-18)19(21)22/h5-6H,4,7H2,1-3H3. The molecule has 0 atom stereocenters. The maximum Gasteiger partial charge on any atom is 0.404 e. The smallest absolute Gasteiger partial charge is 0.358 e. The molecule has 0 fully saturated rings. The SMILES string of the molecule is Cc1nn(C)cc1CN(C)C(=O)Cn1cc(Br)c([N+](=O)[O-])n1. The number of likely N-dealkylation sites (N-methyl/N-ethyl adjacent to an activating group) is 1. The van der Waals surface area contributed by atoms with E-state index in [2.05, 4.69) is 26.1 Å². The fourth-order valence-corrected chi connectivity index (χ4v) is 2.46. The maximum absolute atomic E-state index is 12.2. The normalized spacial score (nSPS) is 10.7. The van der Waals surface area contributed by atoms with Crippen molar-refractivity contribution < 1.29 is 9.72 Å². The minimum Gasteiger partial charge on any atom is -0.358 e. The number of nitrogens with zero attached hydrogens (tertiary/aromatic N) is 6. The second kappa shape index (κ2) is 6.26. The zero-order chi connectivity index (χ0) is 16.4. The fraction of sp³-hybridized carbons (Fsp3) is 0.417. The van der Waals surface area contributed by atoms with E-state index in [9.17, 15) is 14.9 Å². The summed E-state index contributed by atoms with van der Waals surface area (Å²) in [6.45, 7) is 2.23. The van der Waals surface area contributed by atoms with Crippen molar-refractivity contribution in [3.63, 3.8) is 0 Å². The predicted molar refractivity (Wildman–Crippen MR) is 81.0 cm³/mol. The van der Waals surface area contributed by atoms with Crippen LogP contribution in [0.4, 0.5) is 5.82 Å². The van der Waals surface area contributed by atoms with Gasteiger partial charge in [-0.2, -0.15) is 9.78 Å². The zero-order valence-electron chi connectivity index (χ0n) is 12.4. The van der Waals surface area contributed by atoms with Crippen LogP contribution in [-0.2, 0) is 24.9 Å². The molecular weight excluding hydrogens is 356 g/mol. The largest absolute Gasteiger partial charge is 0.404 e. The molecule has 0 saturated carbocycles. The quantitative estimate of drug-likeness (QED) is 0.582. The predicted octanol–water partition coefficient (Wildman–Crippen LogP) is 1.25. The average molecular weight is 371 g/mol. The van der Waals surface area contributed by atoms with E-state index in [1.807, 2.05) is 20.2 Å². The molecule has 0 radical (unpaired) electrons. The molecule has 1 amide bonds. The van der Waals surface area contributed by atoms with E-state index in [1.54, 1.807) is 11.7 Å². The number of aryl methyl sites for hydroxylation is 2. The maximum atomic E-state index is 12.2. The number of nitro groups is 1. The van der Waals surface area contributed by atoms with Crippen LogP contribution in [-0.4, -0.2) is 42.3 Å². The number of aromatic nitrogens is 4. The first-order valence-electron chi connectivity index (χ1n) is 6.38. The Kier molecular flexibility index (Phi) is 4.59. The van der Waals surface area contributed by atoms with Crippen molar-refractivity contribution in [2.24, 2.45) is 7.05 Å². The zero-order valence-corrected chi connectivity index (χ0v) is 13.9. The molecule has 2 aromatic rings. The van der Waals surface area contributed by atoms with Gasteiger partial charge in [0.25, 0.3) is 0 Å². The highest BCUT2D eigenvalue weighted by atomic mass is 79.9. The van der Waals surface area contributed by atoms with Gasteiger partial charge < -0.3 is 15.0 Å². The molecular formula is C12H15BrN6O3. The lowest BCUT2D eigenvalue weighted by Crippen LogP contribution is -2.30. The van der Waals surface area contributed by atoms with Gasteiger partial charge in [0.05, 0.1) is 17.0 Å². The Balaban J connectivity index is 2.04. The summed E-state index contributed by atoms with van der Waals surface area (Å²) in [5.74, 6) is -0.508. The highest BCUT2D eigenvalue weighted by molar-refractivity contribution is 9.10. The fourth-order valence-electron chi connectivity index (χ4n) is 2.00. The molecule has 2 aromatic heterocycles. The van der Waals surface area contributed by atoms with Gasteiger partial charge in [0.15, 0.2) is 0 Å². The van der Waals surface area contributed by atoms with Gasteiger partial charge in [-0.1, -0.05) is 0 Å². The van der Waals surface area contributed by atoms with Crippen LogP contribution in [0.15, 0.2) is 16.9 Å². The molecule has 9 nitrogen and oxygen atoms in total. The molecule has 0 bridgehead atoms. The molecule has 2 heterocycles. The van der Waals surface area contributed by atoms with Crippen LogP contribution in [0.3, 0.4) is 0 Å². The lowest BCUT2D eigenvalue weighted by atomic mass is 10.2. The van der Waals surface area contributed by atoms with Crippen LogP contribution < -0.4 is 0 Å². The molecule has 2 rings (SSSR count). The van der Waals surface area contributed by atoms with Crippen LogP contribution >= 0.6 is 15.9 Å². The van der Waals surface area contributed by atoms with Crippen LogP contribution in [0.1, 0.15) is 11.3 Å². The van der Waals surface area contributed by atoms with Gasteiger partial charge in [0.2, 0.25) is 5.91 Å². The Morgan fingerprint density at radius 3 is 2.64 bits per heavy atom. The van der Waals surface area contributed by atoms with E-state index in [0.29, 0.717) is 6.54 Å². The molecule has 0 aliphatic rings. The first-order valence-corrected chi connectivity index (χ1v) is 7.17. The molecule has 0 spiro atoms. The highest BCUT2D eigenvalue weighted by Crippen LogP contribution is 2.22. The van der Waals surface area contributed by atoms with Gasteiger partial charge >= 0.3 is 5.82 Å². The monoisotopic (exact) mass is 370 g/mol. The highest BCUT2D eigenvalue weighted by Gasteiger charge is 2.21. The molecule has 10 heteroatoms. The summed E-state index contributed by atoms with van der Waals surface area (Å²) in [5, 5.41) is 18.7. The van der Waals surface area contributed by atoms with Crippen LogP contribution in [0.25, 0.3) is 0 Å². The number of amides is 1. The van der Waals surface area contributed by atoms with Crippen LogP contribution in [0.5, 0.6) is 0 Å². The molecule has 0 aliphatic carbocycles. The van der Waals surface area contributed by atoms with Crippen molar-refractivity contribution in [3.8, 4) is 0 Å². The third kappa shape index (κ3) is 3.50. The van der Waals surface area contributed by atoms with E-state index in [1.165, 1.54) is 15.8 Å². The number of carbonyl (C=O) groups excluding carboxylic acids is 1. The topological polar surface area (TPSA) is 99.1 Å². The summed E-state index contributed by atoms with van der Waals surface area (Å²) in [6, 6.07) is 0. The van der Waals surface area contributed by atoms with Gasteiger partial charge in [-0.15, -0.1) is 0 Å². The Hall–Kier alpha value is -2.23. The first-order chi connectivity index (χ1) is 10.3. The lowest BCUT2D eigenvalue weighted by Gasteiger charge is -2.15. The van der Waals surface area contributed by atoms with E-state index in [4.69, 9.17) is 0 Å². The average Bonchev–Trinajstić information content (AvgIpc) is 2.92. The van der Waals surface area contributed by atoms with Gasteiger partial charge in [0.1, 0.15) is 11.0 Å². The molecule has 0 N–H and O–H groups in total. The molecule has 0 unspecified atom stereocenters. The summed E-state index contributed by atoms with van der Waals surface area (Å²) in [5.41, 5.74) is 1.81. The molecule has 0 aliphatic heterocycles. The molecule has 0 saturated heterocycles. The van der Waals surface area contributed by atoms with Gasteiger partial charge in [-0.3, -0.25) is 9.48 Å². The van der Waals surface area contributed by atoms with Crippen LogP contribution in [0.2, 0.25) is 0 Å². The van der Waals surface area contributed by atoms with Gasteiger partial charge in [-0.25, -0.2) is 0 Å². The summed E-state index contributed by atoms with van der Waals surface area (Å²) >= 11 is 3.05. The minimum absolute atomic E-state index is 0.0672. The summed E-state index contributed by atoms with van der Waals surface area (Å²) in [6.07, 6.45) is 3.27. The number of rotatable bonds is 5. The third-order valence-corrected chi connectivity index (χ3v) is 3.68. The molecule has 0 aromatic carbocycles. The first kappa shape index (κ1) is 16.1. The van der Waals surface area contributed by atoms with Gasteiger partial charge in [-0.05, 0) is 27.8 Å². The number of carbonyl (C=O) groups is 1. The van der Waals surface area contributed by atoms with Crippen molar-refractivity contribution in [3.05, 3.63) is 38.2 Å². The third-order valence-electron chi connectivity index (χ3n) is 3.12. The number of halogens is 1. The number of hydrogen-bond donors (Lipinski definition) is 0. The van der Waals surface area contributed by atoms with Crippen LogP contribution in [0, 0.1) is 17.0 Å². The summed E-state index contributed by atoms with van der Waals surface area (Å²) < 4.78 is 3.18. The second-order valence-electron chi connectivity index (χ2n) is 4.92. The summed E-state index contributed by atoms with van der Waals surface area (Å²) in [4.78, 5) is 23.8. The minimum atomic E-state index is -0.603. The summed E-state index contributed by atoms with van der Waals surface area (Å²) in [7, 11) is 3.49. The van der Waals surface area contributed by atoms with E-state index in [0.717, 1.165) is 11.3 Å². The molecule has 22 heavy (non-hydrogen) atoms. The lowest BCUT2D eigenvalue weighted by molar-refractivity contribution is -0.390. The van der Waals surface area contributed by atoms with E-state index >= 15 is 0 Å². The molecule has 118 valence electrons. The van der Waals surface area contributed by atoms with Crippen molar-refractivity contribution in [2.75, 3.05) is 7.05 Å².